The minimum absolute atomic E-state index is 0.0243. The maximum absolute atomic E-state index is 13.8. The largest absolute Gasteiger partial charge is 0.487 e. The third kappa shape index (κ3) is 3.78. The molecule has 1 aliphatic heterocycles. The molecule has 0 N–H and O–H groups in total. The SMILES string of the molecule is O=C(c1cc(Cl)cc2cccnc12)N1CCC(Oc2ccc(F)cc2F)CC1. The Hall–Kier alpha value is -2.73. The molecule has 28 heavy (non-hydrogen) atoms. The summed E-state index contributed by atoms with van der Waals surface area (Å²) in [4.78, 5) is 19.1. The molecule has 1 fully saturated rings. The number of halogens is 3. The van der Waals surface area contributed by atoms with Crippen molar-refractivity contribution < 1.29 is 18.3 Å². The maximum Gasteiger partial charge on any atom is 0.256 e. The van der Waals surface area contributed by atoms with Gasteiger partial charge in [-0.2, -0.15) is 0 Å². The summed E-state index contributed by atoms with van der Waals surface area (Å²) in [5.41, 5.74) is 1.08. The van der Waals surface area contributed by atoms with Gasteiger partial charge in [0.15, 0.2) is 11.6 Å². The zero-order chi connectivity index (χ0) is 19.7. The second-order valence-corrected chi connectivity index (χ2v) is 7.15. The summed E-state index contributed by atoms with van der Waals surface area (Å²) in [5.74, 6) is -1.49. The Labute approximate surface area is 165 Å². The van der Waals surface area contributed by atoms with Gasteiger partial charge in [-0.15, -0.1) is 0 Å². The summed E-state index contributed by atoms with van der Waals surface area (Å²) in [5, 5.41) is 1.29. The van der Waals surface area contributed by atoms with Crippen molar-refractivity contribution in [3.8, 4) is 5.75 Å². The van der Waals surface area contributed by atoms with Crippen molar-refractivity contribution in [1.29, 1.82) is 0 Å². The van der Waals surface area contributed by atoms with Gasteiger partial charge in [0, 0.05) is 48.6 Å². The summed E-state index contributed by atoms with van der Waals surface area (Å²) in [6.07, 6.45) is 2.51. The lowest BCUT2D eigenvalue weighted by Crippen LogP contribution is -2.42. The Morgan fingerprint density at radius 1 is 1.14 bits per heavy atom. The molecule has 2 heterocycles. The molecule has 1 saturated heterocycles. The van der Waals surface area contributed by atoms with Gasteiger partial charge in [-0.05, 0) is 30.3 Å². The number of hydrogen-bond acceptors (Lipinski definition) is 3. The van der Waals surface area contributed by atoms with Gasteiger partial charge in [0.2, 0.25) is 0 Å². The fraction of sp³-hybridized carbons (Fsp3) is 0.238. The fourth-order valence-corrected chi connectivity index (χ4v) is 3.64. The Morgan fingerprint density at radius 3 is 2.68 bits per heavy atom. The molecule has 0 aliphatic carbocycles. The highest BCUT2D eigenvalue weighted by Crippen LogP contribution is 2.26. The molecule has 0 saturated carbocycles. The van der Waals surface area contributed by atoms with Gasteiger partial charge in [-0.25, -0.2) is 8.78 Å². The average molecular weight is 403 g/mol. The number of pyridine rings is 1. The van der Waals surface area contributed by atoms with E-state index < -0.39 is 11.6 Å². The van der Waals surface area contributed by atoms with Crippen molar-refractivity contribution in [3.05, 3.63) is 70.9 Å². The first kappa shape index (κ1) is 18.6. The number of carbonyl (C=O) groups is 1. The molecule has 1 aliphatic rings. The minimum atomic E-state index is -0.727. The number of hydrogen-bond donors (Lipinski definition) is 0. The summed E-state index contributed by atoms with van der Waals surface area (Å²) < 4.78 is 32.4. The second kappa shape index (κ2) is 7.72. The fourth-order valence-electron chi connectivity index (χ4n) is 3.42. The van der Waals surface area contributed by atoms with E-state index in [1.165, 1.54) is 6.07 Å². The van der Waals surface area contributed by atoms with Gasteiger partial charge in [0.1, 0.15) is 11.9 Å². The highest BCUT2D eigenvalue weighted by molar-refractivity contribution is 6.32. The molecule has 4 nitrogen and oxygen atoms in total. The Morgan fingerprint density at radius 2 is 1.93 bits per heavy atom. The van der Waals surface area contributed by atoms with E-state index in [0.717, 1.165) is 17.5 Å². The van der Waals surface area contributed by atoms with Gasteiger partial charge in [-0.1, -0.05) is 17.7 Å². The van der Waals surface area contributed by atoms with Crippen molar-refractivity contribution in [2.75, 3.05) is 13.1 Å². The van der Waals surface area contributed by atoms with Crippen LogP contribution in [0, 0.1) is 11.6 Å². The smallest absolute Gasteiger partial charge is 0.256 e. The molecule has 0 bridgehead atoms. The topological polar surface area (TPSA) is 42.4 Å². The second-order valence-electron chi connectivity index (χ2n) is 6.71. The standard InChI is InChI=1S/C21H17ClF2N2O2/c22-14-10-13-2-1-7-25-20(13)17(11-14)21(27)26-8-5-16(6-9-26)28-19-4-3-15(23)12-18(19)24/h1-4,7,10-12,16H,5-6,8-9H2. The zero-order valence-corrected chi connectivity index (χ0v) is 15.6. The monoisotopic (exact) mass is 402 g/mol. The Bertz CT molecular complexity index is 1040. The Kier molecular flexibility index (Phi) is 5.13. The van der Waals surface area contributed by atoms with Gasteiger partial charge in [0.05, 0.1) is 11.1 Å². The molecule has 7 heteroatoms. The number of rotatable bonds is 3. The number of likely N-dealkylation sites (tertiary alicyclic amines) is 1. The normalized spacial score (nSPS) is 15.0. The number of amides is 1. The maximum atomic E-state index is 13.8. The first-order chi connectivity index (χ1) is 13.5. The van der Waals surface area contributed by atoms with E-state index in [1.807, 2.05) is 6.07 Å². The van der Waals surface area contributed by atoms with Crippen LogP contribution in [0.4, 0.5) is 8.78 Å². The number of ether oxygens (including phenoxy) is 1. The third-order valence-corrected chi connectivity index (χ3v) is 5.04. The van der Waals surface area contributed by atoms with Crippen LogP contribution in [-0.2, 0) is 0 Å². The molecule has 4 rings (SSSR count). The number of benzene rings is 2. The van der Waals surface area contributed by atoms with E-state index in [4.69, 9.17) is 16.3 Å². The van der Waals surface area contributed by atoms with Crippen LogP contribution in [0.3, 0.4) is 0 Å². The van der Waals surface area contributed by atoms with Crippen LogP contribution >= 0.6 is 11.6 Å². The Balaban J connectivity index is 1.46. The van der Waals surface area contributed by atoms with Crippen LogP contribution in [0.2, 0.25) is 5.02 Å². The van der Waals surface area contributed by atoms with E-state index in [0.29, 0.717) is 42.0 Å². The molecular formula is C21H17ClF2N2O2. The summed E-state index contributed by atoms with van der Waals surface area (Å²) in [6.45, 7) is 0.931. The molecule has 2 aromatic carbocycles. The molecule has 3 aromatic rings. The molecule has 0 unspecified atom stereocenters. The van der Waals surface area contributed by atoms with E-state index in [9.17, 15) is 13.6 Å². The van der Waals surface area contributed by atoms with Gasteiger partial charge in [0.25, 0.3) is 5.91 Å². The third-order valence-electron chi connectivity index (χ3n) is 4.82. The lowest BCUT2D eigenvalue weighted by Gasteiger charge is -2.32. The van der Waals surface area contributed by atoms with Crippen molar-refractivity contribution in [3.63, 3.8) is 0 Å². The van der Waals surface area contributed by atoms with Crippen molar-refractivity contribution >= 4 is 28.4 Å². The summed E-state index contributed by atoms with van der Waals surface area (Å²) in [7, 11) is 0. The number of piperidine rings is 1. The molecule has 0 atom stereocenters. The van der Waals surface area contributed by atoms with Crippen LogP contribution in [0.15, 0.2) is 48.7 Å². The summed E-state index contributed by atoms with van der Waals surface area (Å²) >= 11 is 6.17. The highest BCUT2D eigenvalue weighted by atomic mass is 35.5. The number of fused-ring (bicyclic) bond motifs is 1. The average Bonchev–Trinajstić information content (AvgIpc) is 2.69. The quantitative estimate of drug-likeness (QED) is 0.629. The first-order valence-electron chi connectivity index (χ1n) is 8.96. The van der Waals surface area contributed by atoms with Crippen molar-refractivity contribution in [1.82, 2.24) is 9.88 Å². The number of nitrogens with zero attached hydrogens (tertiary/aromatic N) is 2. The van der Waals surface area contributed by atoms with E-state index in [2.05, 4.69) is 4.98 Å². The summed E-state index contributed by atoms with van der Waals surface area (Å²) in [6, 6.07) is 10.3. The first-order valence-corrected chi connectivity index (χ1v) is 9.34. The minimum Gasteiger partial charge on any atom is -0.487 e. The molecule has 144 valence electrons. The van der Waals surface area contributed by atoms with Crippen LogP contribution in [-0.4, -0.2) is 35.0 Å². The van der Waals surface area contributed by atoms with Gasteiger partial charge < -0.3 is 9.64 Å². The van der Waals surface area contributed by atoms with Crippen LogP contribution in [0.1, 0.15) is 23.2 Å². The van der Waals surface area contributed by atoms with Crippen molar-refractivity contribution in [2.45, 2.75) is 18.9 Å². The van der Waals surface area contributed by atoms with Crippen LogP contribution < -0.4 is 4.74 Å². The van der Waals surface area contributed by atoms with Crippen LogP contribution in [0.25, 0.3) is 10.9 Å². The molecule has 1 amide bonds. The lowest BCUT2D eigenvalue weighted by molar-refractivity contribution is 0.0590. The highest BCUT2D eigenvalue weighted by Gasteiger charge is 2.26. The van der Waals surface area contributed by atoms with E-state index in [1.54, 1.807) is 29.3 Å². The van der Waals surface area contributed by atoms with Gasteiger partial charge >= 0.3 is 0 Å². The molecule has 0 spiro atoms. The predicted octanol–water partition coefficient (Wildman–Crippen LogP) is 4.85. The molecule has 0 radical (unpaired) electrons. The number of aromatic nitrogens is 1. The van der Waals surface area contributed by atoms with E-state index in [-0.39, 0.29) is 17.8 Å². The van der Waals surface area contributed by atoms with Crippen LogP contribution in [0.5, 0.6) is 5.75 Å². The molecule has 1 aromatic heterocycles. The zero-order valence-electron chi connectivity index (χ0n) is 14.9. The lowest BCUT2D eigenvalue weighted by atomic mass is 10.0. The van der Waals surface area contributed by atoms with Crippen molar-refractivity contribution in [2.24, 2.45) is 0 Å². The number of carbonyl (C=O) groups excluding carboxylic acids is 1. The molecular weight excluding hydrogens is 386 g/mol. The predicted molar refractivity (Wildman–Crippen MR) is 103 cm³/mol. The van der Waals surface area contributed by atoms with E-state index >= 15 is 0 Å². The van der Waals surface area contributed by atoms with Gasteiger partial charge in [-0.3, -0.25) is 9.78 Å².